The van der Waals surface area contributed by atoms with E-state index in [1.54, 1.807) is 18.5 Å². The quantitative estimate of drug-likeness (QED) is 0.655. The summed E-state index contributed by atoms with van der Waals surface area (Å²) >= 11 is 0. The molecule has 0 aromatic carbocycles. The largest absolute Gasteiger partial charge is 0.351 e. The Kier molecular flexibility index (Phi) is 4.92. The molecule has 1 atom stereocenters. The second-order valence-electron chi connectivity index (χ2n) is 8.31. The van der Waals surface area contributed by atoms with E-state index in [1.807, 2.05) is 13.0 Å². The highest BCUT2D eigenvalue weighted by Gasteiger charge is 2.35. The lowest BCUT2D eigenvalue weighted by atomic mass is 9.92. The predicted molar refractivity (Wildman–Crippen MR) is 111 cm³/mol. The number of nitrogens with one attached hydrogen (secondary N) is 2. The van der Waals surface area contributed by atoms with Crippen LogP contribution in [0.15, 0.2) is 36.8 Å². The van der Waals surface area contributed by atoms with Crippen LogP contribution >= 0.6 is 0 Å². The molecule has 5 rings (SSSR count). The third kappa shape index (κ3) is 4.01. The zero-order chi connectivity index (χ0) is 21.6. The fraction of sp³-hybridized carbons (Fsp3) is 0.409. The van der Waals surface area contributed by atoms with Gasteiger partial charge in [-0.25, -0.2) is 23.7 Å². The molecule has 9 heteroatoms. The van der Waals surface area contributed by atoms with Gasteiger partial charge in [-0.3, -0.25) is 4.40 Å². The smallest absolute Gasteiger partial charge is 0.248 e. The normalized spacial score (nSPS) is 21.4. The van der Waals surface area contributed by atoms with Crippen LogP contribution in [0, 0.1) is 5.95 Å². The number of hydrogen-bond acceptors (Lipinski definition) is 5. The van der Waals surface area contributed by atoms with E-state index in [1.165, 1.54) is 10.6 Å². The van der Waals surface area contributed by atoms with Crippen LogP contribution in [0.25, 0.3) is 11.2 Å². The number of imidazole rings is 1. The van der Waals surface area contributed by atoms with Crippen molar-refractivity contribution >= 4 is 17.2 Å². The van der Waals surface area contributed by atoms with E-state index >= 15 is 0 Å². The number of aromatic nitrogens is 4. The predicted octanol–water partition coefficient (Wildman–Crippen LogP) is 4.18. The van der Waals surface area contributed by atoms with Gasteiger partial charge in [0.1, 0.15) is 5.65 Å². The van der Waals surface area contributed by atoms with Gasteiger partial charge in [0.15, 0.2) is 0 Å². The van der Waals surface area contributed by atoms with E-state index in [0.717, 1.165) is 22.4 Å². The number of fused-ring (bicyclic) bond motifs is 2. The summed E-state index contributed by atoms with van der Waals surface area (Å²) < 4.78 is 42.3. The van der Waals surface area contributed by atoms with Crippen molar-refractivity contribution in [3.8, 4) is 0 Å². The van der Waals surface area contributed by atoms with Gasteiger partial charge in [-0.15, -0.1) is 0 Å². The SMILES string of the molecule is C[C@@H]1C=C(c2ccc3ncc(F)n3c2)c2cnc(NC3CCC(F)(F)CC3)nc2CN1. The summed E-state index contributed by atoms with van der Waals surface area (Å²) in [5, 5.41) is 6.62. The molecule has 6 nitrogen and oxygen atoms in total. The molecule has 1 aliphatic heterocycles. The molecule has 1 aliphatic carbocycles. The molecule has 4 heterocycles. The highest BCUT2D eigenvalue weighted by atomic mass is 19.3. The van der Waals surface area contributed by atoms with Crippen LogP contribution in [-0.4, -0.2) is 37.4 Å². The zero-order valence-corrected chi connectivity index (χ0v) is 17.1. The third-order valence-electron chi connectivity index (χ3n) is 5.99. The van der Waals surface area contributed by atoms with Crippen LogP contribution < -0.4 is 10.6 Å². The monoisotopic (exact) mass is 428 g/mol. The Labute approximate surface area is 177 Å². The van der Waals surface area contributed by atoms with Crippen LogP contribution in [-0.2, 0) is 6.54 Å². The topological polar surface area (TPSA) is 67.1 Å². The zero-order valence-electron chi connectivity index (χ0n) is 17.1. The van der Waals surface area contributed by atoms with E-state index in [4.69, 9.17) is 0 Å². The fourth-order valence-electron chi connectivity index (χ4n) is 4.23. The van der Waals surface area contributed by atoms with Gasteiger partial charge >= 0.3 is 0 Å². The van der Waals surface area contributed by atoms with E-state index in [0.29, 0.717) is 31.0 Å². The Morgan fingerprint density at radius 3 is 2.77 bits per heavy atom. The second kappa shape index (κ2) is 7.64. The van der Waals surface area contributed by atoms with Crippen LogP contribution in [0.1, 0.15) is 49.4 Å². The Hall–Kier alpha value is -2.94. The Balaban J connectivity index is 1.45. The highest BCUT2D eigenvalue weighted by molar-refractivity contribution is 5.81. The van der Waals surface area contributed by atoms with Gasteiger partial charge < -0.3 is 10.6 Å². The first kappa shape index (κ1) is 20.0. The molecule has 2 aliphatic rings. The van der Waals surface area contributed by atoms with Gasteiger partial charge in [0, 0.05) is 49.4 Å². The maximum absolute atomic E-state index is 14.1. The molecule has 3 aromatic heterocycles. The van der Waals surface area contributed by atoms with Crippen LogP contribution in [0.3, 0.4) is 0 Å². The molecule has 0 unspecified atom stereocenters. The number of nitrogens with zero attached hydrogens (tertiary/aromatic N) is 4. The molecule has 0 radical (unpaired) electrons. The van der Waals surface area contributed by atoms with Crippen molar-refractivity contribution in [1.82, 2.24) is 24.7 Å². The summed E-state index contributed by atoms with van der Waals surface area (Å²) in [5.41, 5.74) is 3.94. The van der Waals surface area contributed by atoms with Crippen molar-refractivity contribution in [3.63, 3.8) is 0 Å². The van der Waals surface area contributed by atoms with Crippen LogP contribution in [0.5, 0.6) is 0 Å². The summed E-state index contributed by atoms with van der Waals surface area (Å²) in [7, 11) is 0. The van der Waals surface area contributed by atoms with Crippen molar-refractivity contribution in [3.05, 3.63) is 59.6 Å². The lowest BCUT2D eigenvalue weighted by Gasteiger charge is -2.28. The molecule has 1 saturated carbocycles. The summed E-state index contributed by atoms with van der Waals surface area (Å²) in [6, 6.07) is 3.70. The fourth-order valence-corrected chi connectivity index (χ4v) is 4.23. The summed E-state index contributed by atoms with van der Waals surface area (Å²) in [6.45, 7) is 2.58. The lowest BCUT2D eigenvalue weighted by molar-refractivity contribution is -0.0361. The van der Waals surface area contributed by atoms with E-state index in [-0.39, 0.29) is 24.9 Å². The first-order valence-corrected chi connectivity index (χ1v) is 10.5. The summed E-state index contributed by atoms with van der Waals surface area (Å²) in [5.74, 6) is -2.55. The van der Waals surface area contributed by atoms with Gasteiger partial charge in [0.05, 0.1) is 11.9 Å². The number of hydrogen-bond donors (Lipinski definition) is 2. The summed E-state index contributed by atoms with van der Waals surface area (Å²) in [4.78, 5) is 13.2. The molecule has 0 amide bonds. The van der Waals surface area contributed by atoms with Crippen LogP contribution in [0.2, 0.25) is 0 Å². The second-order valence-corrected chi connectivity index (χ2v) is 8.31. The number of halogens is 3. The molecule has 1 fully saturated rings. The Morgan fingerprint density at radius 2 is 1.97 bits per heavy atom. The standard InChI is InChI=1S/C22H23F3N6/c1-13-8-16(14-2-3-20-27-11-19(23)31(20)12-14)17-9-28-21(30-18(17)10-26-13)29-15-4-6-22(24,25)7-5-15/h2-3,8-9,11-13,15,26H,4-7,10H2,1H3,(H,28,29,30)/t13-/m1/s1. The number of alkyl halides is 2. The van der Waals surface area contributed by atoms with E-state index in [9.17, 15) is 13.2 Å². The average Bonchev–Trinajstić information content (AvgIpc) is 3.03. The maximum Gasteiger partial charge on any atom is 0.248 e. The minimum absolute atomic E-state index is 0.0584. The molecule has 0 spiro atoms. The molecule has 0 bridgehead atoms. The maximum atomic E-state index is 14.1. The Bertz CT molecular complexity index is 1150. The molecular weight excluding hydrogens is 405 g/mol. The van der Waals surface area contributed by atoms with E-state index in [2.05, 4.69) is 31.7 Å². The van der Waals surface area contributed by atoms with Crippen LogP contribution in [0.4, 0.5) is 19.1 Å². The third-order valence-corrected chi connectivity index (χ3v) is 5.99. The molecule has 31 heavy (non-hydrogen) atoms. The van der Waals surface area contributed by atoms with Gasteiger partial charge in [-0.05, 0) is 43.0 Å². The van der Waals surface area contributed by atoms with Gasteiger partial charge in [0.25, 0.3) is 0 Å². The number of rotatable bonds is 3. The molecule has 0 saturated heterocycles. The van der Waals surface area contributed by atoms with Crippen molar-refractivity contribution in [2.24, 2.45) is 0 Å². The van der Waals surface area contributed by atoms with Crippen molar-refractivity contribution in [2.45, 2.75) is 57.2 Å². The molecule has 2 N–H and O–H groups in total. The Morgan fingerprint density at radius 1 is 1.16 bits per heavy atom. The first-order valence-electron chi connectivity index (χ1n) is 10.5. The highest BCUT2D eigenvalue weighted by Crippen LogP contribution is 2.34. The van der Waals surface area contributed by atoms with Crippen molar-refractivity contribution in [1.29, 1.82) is 0 Å². The van der Waals surface area contributed by atoms with Crippen molar-refractivity contribution in [2.75, 3.05) is 5.32 Å². The molecular formula is C22H23F3N6. The van der Waals surface area contributed by atoms with Gasteiger partial charge in [0.2, 0.25) is 17.8 Å². The van der Waals surface area contributed by atoms with E-state index < -0.39 is 11.9 Å². The van der Waals surface area contributed by atoms with Crippen molar-refractivity contribution < 1.29 is 13.2 Å². The first-order chi connectivity index (χ1) is 14.9. The molecule has 3 aromatic rings. The molecule has 162 valence electrons. The van der Waals surface area contributed by atoms with Gasteiger partial charge in [-0.1, -0.05) is 6.08 Å². The average molecular weight is 428 g/mol. The minimum atomic E-state index is -2.57. The summed E-state index contributed by atoms with van der Waals surface area (Å²) in [6.07, 6.45) is 7.29. The van der Waals surface area contributed by atoms with Gasteiger partial charge in [-0.2, -0.15) is 4.39 Å². The lowest BCUT2D eigenvalue weighted by Crippen LogP contribution is -2.32. The minimum Gasteiger partial charge on any atom is -0.351 e. The number of pyridine rings is 1. The number of anilines is 1.